The van der Waals surface area contributed by atoms with Crippen LogP contribution in [0.2, 0.25) is 0 Å². The minimum atomic E-state index is -0.553. The molecule has 0 spiro atoms. The maximum absolute atomic E-state index is 12.8. The third kappa shape index (κ3) is 3.55. The van der Waals surface area contributed by atoms with Crippen molar-refractivity contribution in [1.82, 2.24) is 5.32 Å². The van der Waals surface area contributed by atoms with Crippen molar-refractivity contribution in [2.75, 3.05) is 23.8 Å². The van der Waals surface area contributed by atoms with Crippen LogP contribution in [0, 0.1) is 5.82 Å². The zero-order valence-corrected chi connectivity index (χ0v) is 11.3. The van der Waals surface area contributed by atoms with Crippen molar-refractivity contribution in [2.45, 2.75) is 5.25 Å². The fraction of sp³-hybridized carbons (Fsp3) is 0.417. The van der Waals surface area contributed by atoms with E-state index in [-0.39, 0.29) is 17.2 Å². The van der Waals surface area contributed by atoms with Gasteiger partial charge >= 0.3 is 0 Å². The number of phenolic OH excluding ortho intramolecular Hbond substituents is 1. The molecule has 2 rings (SSSR count). The number of halogens is 1. The number of nitrogens with one attached hydrogen (secondary N) is 1. The number of hydrogen-bond acceptors (Lipinski definition) is 4. The molecule has 0 saturated carbocycles. The highest BCUT2D eigenvalue weighted by atomic mass is 32.2. The standard InChI is InChI=1S/C12H14FNO2S2/c13-8-1-2-10(11(15)5-8)12(16)14-6-9-7-17-3-4-18-9/h1-2,5,9,15H,3-4,6-7H2,(H,14,16). The lowest BCUT2D eigenvalue weighted by Crippen LogP contribution is -2.33. The third-order valence-corrected chi connectivity index (χ3v) is 5.42. The normalized spacial score (nSPS) is 19.5. The number of carbonyl (C=O) groups is 1. The fourth-order valence-corrected chi connectivity index (χ4v) is 4.26. The van der Waals surface area contributed by atoms with Gasteiger partial charge in [-0.2, -0.15) is 23.5 Å². The SMILES string of the molecule is O=C(NCC1CSCCS1)c1ccc(F)cc1O. The molecule has 3 nitrogen and oxygen atoms in total. The van der Waals surface area contributed by atoms with Crippen LogP contribution < -0.4 is 5.32 Å². The molecule has 0 radical (unpaired) electrons. The number of hydrogen-bond donors (Lipinski definition) is 2. The van der Waals surface area contributed by atoms with E-state index < -0.39 is 5.82 Å². The van der Waals surface area contributed by atoms with Gasteiger partial charge in [0.2, 0.25) is 0 Å². The first-order chi connectivity index (χ1) is 8.66. The Bertz CT molecular complexity index is 436. The zero-order valence-electron chi connectivity index (χ0n) is 9.69. The number of phenols is 1. The molecule has 1 aromatic rings. The number of rotatable bonds is 3. The summed E-state index contributed by atoms with van der Waals surface area (Å²) in [6, 6.07) is 3.41. The lowest BCUT2D eigenvalue weighted by Gasteiger charge is -2.21. The van der Waals surface area contributed by atoms with Crippen molar-refractivity contribution in [3.63, 3.8) is 0 Å². The van der Waals surface area contributed by atoms with Gasteiger partial charge in [0.25, 0.3) is 5.91 Å². The molecule has 0 bridgehead atoms. The molecule has 0 aromatic heterocycles. The fourth-order valence-electron chi connectivity index (χ4n) is 1.65. The van der Waals surface area contributed by atoms with Crippen LogP contribution >= 0.6 is 23.5 Å². The Labute approximate surface area is 114 Å². The molecule has 2 N–H and O–H groups in total. The Kier molecular flexibility index (Phi) is 4.77. The molecule has 1 saturated heterocycles. The molecule has 18 heavy (non-hydrogen) atoms. The molecule has 1 aliphatic rings. The second-order valence-electron chi connectivity index (χ2n) is 3.94. The lowest BCUT2D eigenvalue weighted by atomic mass is 10.2. The van der Waals surface area contributed by atoms with Gasteiger partial charge in [0.1, 0.15) is 11.6 Å². The molecule has 6 heteroatoms. The highest BCUT2D eigenvalue weighted by molar-refractivity contribution is 8.06. The van der Waals surface area contributed by atoms with Gasteiger partial charge in [-0.05, 0) is 12.1 Å². The Morgan fingerprint density at radius 3 is 3.00 bits per heavy atom. The van der Waals surface area contributed by atoms with E-state index in [1.165, 1.54) is 12.1 Å². The number of carbonyl (C=O) groups excluding carboxylic acids is 1. The molecule has 1 aromatic carbocycles. The van der Waals surface area contributed by atoms with E-state index in [1.807, 2.05) is 23.5 Å². The molecule has 1 unspecified atom stereocenters. The van der Waals surface area contributed by atoms with Crippen LogP contribution in [0.3, 0.4) is 0 Å². The summed E-state index contributed by atoms with van der Waals surface area (Å²) in [7, 11) is 0. The molecular formula is C12H14FNO2S2. The first-order valence-corrected chi connectivity index (χ1v) is 7.83. The largest absolute Gasteiger partial charge is 0.507 e. The lowest BCUT2D eigenvalue weighted by molar-refractivity contribution is 0.0951. The molecule has 1 aliphatic heterocycles. The predicted octanol–water partition coefficient (Wildman–Crippen LogP) is 2.11. The van der Waals surface area contributed by atoms with E-state index in [1.54, 1.807) is 0 Å². The summed E-state index contributed by atoms with van der Waals surface area (Å²) in [5.41, 5.74) is 0.116. The average molecular weight is 287 g/mol. The second kappa shape index (κ2) is 6.33. The quantitative estimate of drug-likeness (QED) is 0.894. The number of aromatic hydroxyl groups is 1. The van der Waals surface area contributed by atoms with Crippen LogP contribution in [0.25, 0.3) is 0 Å². The van der Waals surface area contributed by atoms with Crippen LogP contribution in [0.1, 0.15) is 10.4 Å². The molecule has 1 heterocycles. The molecule has 98 valence electrons. The van der Waals surface area contributed by atoms with Crippen molar-refractivity contribution < 1.29 is 14.3 Å². The van der Waals surface area contributed by atoms with Gasteiger partial charge in [-0.15, -0.1) is 0 Å². The molecule has 1 atom stereocenters. The van der Waals surface area contributed by atoms with Crippen molar-refractivity contribution in [1.29, 1.82) is 0 Å². The van der Waals surface area contributed by atoms with Crippen LogP contribution in [0.5, 0.6) is 5.75 Å². The van der Waals surface area contributed by atoms with Crippen molar-refractivity contribution in [2.24, 2.45) is 0 Å². The van der Waals surface area contributed by atoms with E-state index in [9.17, 15) is 14.3 Å². The first-order valence-electron chi connectivity index (χ1n) is 5.63. The Morgan fingerprint density at radius 1 is 1.50 bits per heavy atom. The minimum absolute atomic E-state index is 0.116. The summed E-state index contributed by atoms with van der Waals surface area (Å²) >= 11 is 3.73. The molecule has 1 amide bonds. The molecule has 0 aliphatic carbocycles. The third-order valence-electron chi connectivity index (χ3n) is 2.58. The van der Waals surface area contributed by atoms with Gasteiger partial charge in [0.05, 0.1) is 5.56 Å². The van der Waals surface area contributed by atoms with Crippen LogP contribution in [0.15, 0.2) is 18.2 Å². The topological polar surface area (TPSA) is 49.3 Å². The van der Waals surface area contributed by atoms with Crippen molar-refractivity contribution >= 4 is 29.4 Å². The van der Waals surface area contributed by atoms with Crippen LogP contribution in [-0.4, -0.2) is 40.1 Å². The molecule has 1 fully saturated rings. The van der Waals surface area contributed by atoms with Crippen molar-refractivity contribution in [3.8, 4) is 5.75 Å². The number of amides is 1. The summed E-state index contributed by atoms with van der Waals surface area (Å²) in [4.78, 5) is 11.8. The van der Waals surface area contributed by atoms with E-state index in [0.717, 1.165) is 23.3 Å². The Hall–Kier alpha value is -0.880. The average Bonchev–Trinajstić information content (AvgIpc) is 2.37. The summed E-state index contributed by atoms with van der Waals surface area (Å²) in [6.07, 6.45) is 0. The van der Waals surface area contributed by atoms with Gasteiger partial charge in [0, 0.05) is 35.1 Å². The Morgan fingerprint density at radius 2 is 2.33 bits per heavy atom. The summed E-state index contributed by atoms with van der Waals surface area (Å²) < 4.78 is 12.8. The number of thioether (sulfide) groups is 2. The van der Waals surface area contributed by atoms with E-state index in [0.29, 0.717) is 11.8 Å². The van der Waals surface area contributed by atoms with E-state index >= 15 is 0 Å². The van der Waals surface area contributed by atoms with Gasteiger partial charge < -0.3 is 10.4 Å². The van der Waals surface area contributed by atoms with E-state index in [2.05, 4.69) is 5.32 Å². The molecular weight excluding hydrogens is 273 g/mol. The Balaban J connectivity index is 1.90. The predicted molar refractivity (Wildman–Crippen MR) is 74.0 cm³/mol. The summed E-state index contributed by atoms with van der Waals surface area (Å²) in [5.74, 6) is 2.06. The summed E-state index contributed by atoms with van der Waals surface area (Å²) in [5, 5.41) is 12.7. The van der Waals surface area contributed by atoms with Crippen LogP contribution in [0.4, 0.5) is 4.39 Å². The van der Waals surface area contributed by atoms with Gasteiger partial charge in [-0.1, -0.05) is 0 Å². The maximum atomic E-state index is 12.8. The monoisotopic (exact) mass is 287 g/mol. The highest BCUT2D eigenvalue weighted by Gasteiger charge is 2.17. The smallest absolute Gasteiger partial charge is 0.255 e. The van der Waals surface area contributed by atoms with E-state index in [4.69, 9.17) is 0 Å². The van der Waals surface area contributed by atoms with Gasteiger partial charge in [0.15, 0.2) is 0 Å². The first kappa shape index (κ1) is 13.5. The van der Waals surface area contributed by atoms with Gasteiger partial charge in [-0.3, -0.25) is 4.79 Å². The summed E-state index contributed by atoms with van der Waals surface area (Å²) in [6.45, 7) is 0.577. The highest BCUT2D eigenvalue weighted by Crippen LogP contribution is 2.23. The minimum Gasteiger partial charge on any atom is -0.507 e. The maximum Gasteiger partial charge on any atom is 0.255 e. The second-order valence-corrected chi connectivity index (χ2v) is 6.50. The van der Waals surface area contributed by atoms with Gasteiger partial charge in [-0.25, -0.2) is 4.39 Å². The van der Waals surface area contributed by atoms with Crippen molar-refractivity contribution in [3.05, 3.63) is 29.6 Å². The van der Waals surface area contributed by atoms with Crippen LogP contribution in [-0.2, 0) is 0 Å². The number of benzene rings is 1. The zero-order chi connectivity index (χ0) is 13.0.